The van der Waals surface area contributed by atoms with Gasteiger partial charge in [-0.3, -0.25) is 0 Å². The van der Waals surface area contributed by atoms with Crippen molar-refractivity contribution in [3.8, 4) is 0 Å². The van der Waals surface area contributed by atoms with Gasteiger partial charge in [0.2, 0.25) is 0 Å². The molecular weight excluding hydrogens is 506 g/mol. The molecule has 1 heteroatoms. The first-order valence-electron chi connectivity index (χ1n) is 19.0. The molecule has 1 unspecified atom stereocenters. The van der Waals surface area contributed by atoms with Crippen LogP contribution in [-0.4, -0.2) is 24.5 Å². The molecule has 1 aliphatic rings. The van der Waals surface area contributed by atoms with Crippen LogP contribution in [-0.2, 0) is 0 Å². The highest BCUT2D eigenvalue weighted by Gasteiger charge is 2.46. The highest BCUT2D eigenvalue weighted by Crippen LogP contribution is 2.45. The smallest absolute Gasteiger partial charge is 0.0133 e. The molecule has 0 aliphatic carbocycles. The van der Waals surface area contributed by atoms with Crippen LogP contribution in [0.1, 0.15) is 188 Å². The topological polar surface area (TPSA) is 3.24 Å². The lowest BCUT2D eigenvalue weighted by Crippen LogP contribution is -2.61. The molecule has 1 nitrogen and oxygen atoms in total. The molecule has 244 valence electrons. The van der Waals surface area contributed by atoms with Crippen molar-refractivity contribution in [3.05, 3.63) is 48.6 Å². The minimum absolute atomic E-state index is 0.624. The summed E-state index contributed by atoms with van der Waals surface area (Å²) in [6.07, 6.45) is 54.4. The fourth-order valence-electron chi connectivity index (χ4n) is 6.75. The Morgan fingerprint density at radius 1 is 0.476 bits per heavy atom. The van der Waals surface area contributed by atoms with Gasteiger partial charge in [0.15, 0.2) is 0 Å². The quantitative estimate of drug-likeness (QED) is 0.0602. The Balaban J connectivity index is 1.99. The molecule has 0 aromatic rings. The molecule has 0 spiro atoms. The standard InChI is InChI=1S/C41H75N/c1-5-7-9-11-13-15-17-19-21-23-25-27-29-31-33-35-37-41(39-42(4)40(41)3)38-36-34-32-30-28-26-24-22-20-18-16-14-12-10-8-6-2/h13-16,19-22,40H,5-12,17-18,23-39H2,1-4H3/b15-13-,16-14-,21-19-,22-20-. The van der Waals surface area contributed by atoms with E-state index in [0.717, 1.165) is 18.9 Å². The molecule has 0 amide bonds. The van der Waals surface area contributed by atoms with Gasteiger partial charge in [-0.15, -0.1) is 0 Å². The number of hydrogen-bond acceptors (Lipinski definition) is 1. The number of rotatable bonds is 30. The Kier molecular flexibility index (Phi) is 26.6. The number of nitrogens with zero attached hydrogens (tertiary/aromatic N) is 1. The molecule has 0 aromatic carbocycles. The maximum Gasteiger partial charge on any atom is 0.0133 e. The van der Waals surface area contributed by atoms with Crippen LogP contribution >= 0.6 is 0 Å². The predicted octanol–water partition coefficient (Wildman–Crippen LogP) is 13.7. The average Bonchev–Trinajstić information content (AvgIpc) is 3.00. The summed E-state index contributed by atoms with van der Waals surface area (Å²) in [4.78, 5) is 2.59. The lowest BCUT2D eigenvalue weighted by atomic mass is 9.66. The first kappa shape index (κ1) is 38.9. The van der Waals surface area contributed by atoms with Crippen LogP contribution in [0, 0.1) is 5.41 Å². The van der Waals surface area contributed by atoms with E-state index < -0.39 is 0 Å². The van der Waals surface area contributed by atoms with E-state index in [2.05, 4.69) is 81.3 Å². The van der Waals surface area contributed by atoms with E-state index in [1.165, 1.54) is 161 Å². The van der Waals surface area contributed by atoms with E-state index in [-0.39, 0.29) is 0 Å². The summed E-state index contributed by atoms with van der Waals surface area (Å²) >= 11 is 0. The molecule has 0 aromatic heterocycles. The van der Waals surface area contributed by atoms with Gasteiger partial charge in [-0.1, -0.05) is 152 Å². The van der Waals surface area contributed by atoms with Crippen LogP contribution in [0.4, 0.5) is 0 Å². The van der Waals surface area contributed by atoms with Crippen molar-refractivity contribution in [2.75, 3.05) is 13.6 Å². The average molecular weight is 582 g/mol. The zero-order valence-corrected chi connectivity index (χ0v) is 29.2. The van der Waals surface area contributed by atoms with Crippen LogP contribution in [0.15, 0.2) is 48.6 Å². The van der Waals surface area contributed by atoms with Crippen LogP contribution < -0.4 is 0 Å². The molecular formula is C41H75N. The summed E-state index contributed by atoms with van der Waals surface area (Å²) in [6.45, 7) is 8.39. The van der Waals surface area contributed by atoms with Crippen molar-refractivity contribution in [1.82, 2.24) is 4.90 Å². The van der Waals surface area contributed by atoms with E-state index in [1.54, 1.807) is 0 Å². The number of unbranched alkanes of at least 4 members (excludes halogenated alkanes) is 18. The highest BCUT2D eigenvalue weighted by molar-refractivity contribution is 5.00. The van der Waals surface area contributed by atoms with Gasteiger partial charge in [0.1, 0.15) is 0 Å². The lowest BCUT2D eigenvalue weighted by molar-refractivity contribution is -0.0614. The van der Waals surface area contributed by atoms with E-state index in [1.807, 2.05) is 0 Å². The molecule has 1 saturated heterocycles. The third-order valence-corrected chi connectivity index (χ3v) is 9.86. The van der Waals surface area contributed by atoms with Gasteiger partial charge < -0.3 is 4.90 Å². The van der Waals surface area contributed by atoms with Crippen LogP contribution in [0.2, 0.25) is 0 Å². The molecule has 1 fully saturated rings. The Bertz CT molecular complexity index is 635. The summed E-state index contributed by atoms with van der Waals surface area (Å²) in [6, 6.07) is 0.786. The molecule has 1 atom stereocenters. The summed E-state index contributed by atoms with van der Waals surface area (Å²) in [7, 11) is 2.33. The highest BCUT2D eigenvalue weighted by atomic mass is 15.2. The van der Waals surface area contributed by atoms with Crippen molar-refractivity contribution in [2.45, 2.75) is 194 Å². The monoisotopic (exact) mass is 582 g/mol. The fourth-order valence-corrected chi connectivity index (χ4v) is 6.75. The number of likely N-dealkylation sites (tertiary alicyclic amines) is 1. The molecule has 0 bridgehead atoms. The first-order valence-corrected chi connectivity index (χ1v) is 19.0. The molecule has 42 heavy (non-hydrogen) atoms. The second-order valence-electron chi connectivity index (χ2n) is 13.6. The van der Waals surface area contributed by atoms with Crippen molar-refractivity contribution >= 4 is 0 Å². The normalized spacial score (nSPS) is 17.5. The largest absolute Gasteiger partial charge is 0.302 e. The summed E-state index contributed by atoms with van der Waals surface area (Å²) in [5, 5.41) is 0. The fraction of sp³-hybridized carbons (Fsp3) is 0.805. The number of allylic oxidation sites excluding steroid dienone is 8. The zero-order chi connectivity index (χ0) is 30.4. The second kappa shape index (κ2) is 28.7. The van der Waals surface area contributed by atoms with Gasteiger partial charge in [0.05, 0.1) is 0 Å². The maximum absolute atomic E-state index is 2.59. The van der Waals surface area contributed by atoms with Crippen molar-refractivity contribution in [1.29, 1.82) is 0 Å². The Hall–Kier alpha value is -1.08. The summed E-state index contributed by atoms with van der Waals surface area (Å²) < 4.78 is 0. The summed E-state index contributed by atoms with van der Waals surface area (Å²) in [5.74, 6) is 0. The lowest BCUT2D eigenvalue weighted by Gasteiger charge is -2.56. The van der Waals surface area contributed by atoms with Crippen molar-refractivity contribution in [2.24, 2.45) is 5.41 Å². The molecule has 1 aliphatic heterocycles. The second-order valence-corrected chi connectivity index (χ2v) is 13.6. The Morgan fingerprint density at radius 2 is 0.810 bits per heavy atom. The van der Waals surface area contributed by atoms with E-state index >= 15 is 0 Å². The zero-order valence-electron chi connectivity index (χ0n) is 29.2. The third kappa shape index (κ3) is 20.8. The Labute approximate surface area is 265 Å². The van der Waals surface area contributed by atoms with Crippen LogP contribution in [0.3, 0.4) is 0 Å². The SMILES string of the molecule is CCCCC/C=C\C/C=C\CCCCCCCCC1(CCCCCCCC/C=C\C/C=C\CCCCC)CN(C)C1C. The predicted molar refractivity (Wildman–Crippen MR) is 192 cm³/mol. The van der Waals surface area contributed by atoms with Gasteiger partial charge in [-0.25, -0.2) is 0 Å². The minimum Gasteiger partial charge on any atom is -0.302 e. The van der Waals surface area contributed by atoms with Gasteiger partial charge in [0.25, 0.3) is 0 Å². The summed E-state index contributed by atoms with van der Waals surface area (Å²) in [5.41, 5.74) is 0.624. The van der Waals surface area contributed by atoms with Crippen LogP contribution in [0.25, 0.3) is 0 Å². The van der Waals surface area contributed by atoms with Gasteiger partial charge in [-0.2, -0.15) is 0 Å². The molecule has 0 radical (unpaired) electrons. The first-order chi connectivity index (χ1) is 20.7. The third-order valence-electron chi connectivity index (χ3n) is 9.86. The van der Waals surface area contributed by atoms with Gasteiger partial charge in [-0.05, 0) is 96.4 Å². The van der Waals surface area contributed by atoms with E-state index in [0.29, 0.717) is 5.41 Å². The Morgan fingerprint density at radius 3 is 1.14 bits per heavy atom. The van der Waals surface area contributed by atoms with E-state index in [4.69, 9.17) is 0 Å². The van der Waals surface area contributed by atoms with Crippen molar-refractivity contribution < 1.29 is 0 Å². The number of hydrogen-bond donors (Lipinski definition) is 0. The molecule has 0 saturated carbocycles. The maximum atomic E-state index is 2.59. The molecule has 0 N–H and O–H groups in total. The van der Waals surface area contributed by atoms with Crippen LogP contribution in [0.5, 0.6) is 0 Å². The molecule has 1 heterocycles. The molecule has 1 rings (SSSR count). The van der Waals surface area contributed by atoms with Gasteiger partial charge >= 0.3 is 0 Å². The van der Waals surface area contributed by atoms with Crippen molar-refractivity contribution in [3.63, 3.8) is 0 Å². The van der Waals surface area contributed by atoms with Gasteiger partial charge in [0, 0.05) is 12.6 Å². The minimum atomic E-state index is 0.624. The van der Waals surface area contributed by atoms with E-state index in [9.17, 15) is 0 Å².